The lowest BCUT2D eigenvalue weighted by Gasteiger charge is -2.34. The first-order valence-corrected chi connectivity index (χ1v) is 9.37. The molecule has 2 amide bonds. The van der Waals surface area contributed by atoms with Crippen molar-refractivity contribution in [3.8, 4) is 0 Å². The van der Waals surface area contributed by atoms with Gasteiger partial charge in [-0.3, -0.25) is 4.90 Å². The number of hydrogen-bond acceptors (Lipinski definition) is 5. The van der Waals surface area contributed by atoms with E-state index in [1.807, 2.05) is 18.7 Å². The molecule has 1 aliphatic heterocycles. The van der Waals surface area contributed by atoms with Crippen molar-refractivity contribution in [2.75, 3.05) is 32.8 Å². The number of urea groups is 1. The van der Waals surface area contributed by atoms with Gasteiger partial charge >= 0.3 is 6.03 Å². The minimum absolute atomic E-state index is 0.0710. The number of nitrogens with one attached hydrogen (secondary N) is 1. The number of piperazine rings is 1. The third kappa shape index (κ3) is 4.65. The predicted octanol–water partition coefficient (Wildman–Crippen LogP) is 2.23. The van der Waals surface area contributed by atoms with Crippen molar-refractivity contribution in [1.29, 1.82) is 0 Å². The second-order valence-corrected chi connectivity index (χ2v) is 7.15. The minimum Gasteiger partial charge on any atom is -0.372 e. The molecule has 0 aromatic carbocycles. The maximum atomic E-state index is 12.0. The SMILES string of the molecule is CCO[C@H](C)c1nc(CN2CCN(C(=O)NC3CC3)CC2)cs1. The van der Waals surface area contributed by atoms with Crippen LogP contribution in [0.4, 0.5) is 4.79 Å². The number of hydrogen-bond donors (Lipinski definition) is 1. The van der Waals surface area contributed by atoms with E-state index in [4.69, 9.17) is 4.74 Å². The van der Waals surface area contributed by atoms with E-state index in [0.29, 0.717) is 12.6 Å². The first-order valence-electron chi connectivity index (χ1n) is 8.49. The van der Waals surface area contributed by atoms with Crippen LogP contribution in [0.5, 0.6) is 0 Å². The van der Waals surface area contributed by atoms with Crippen LogP contribution in [0.3, 0.4) is 0 Å². The number of amides is 2. The van der Waals surface area contributed by atoms with E-state index >= 15 is 0 Å². The van der Waals surface area contributed by atoms with Crippen LogP contribution in [0.2, 0.25) is 0 Å². The molecule has 6 nitrogen and oxygen atoms in total. The second kappa shape index (κ2) is 7.59. The maximum Gasteiger partial charge on any atom is 0.317 e. The van der Waals surface area contributed by atoms with E-state index in [0.717, 1.165) is 56.3 Å². The van der Waals surface area contributed by atoms with Gasteiger partial charge in [0.1, 0.15) is 11.1 Å². The molecule has 1 saturated carbocycles. The van der Waals surface area contributed by atoms with Crippen LogP contribution >= 0.6 is 11.3 Å². The highest BCUT2D eigenvalue weighted by molar-refractivity contribution is 7.09. The third-order valence-corrected chi connectivity index (χ3v) is 5.34. The number of ether oxygens (including phenoxy) is 1. The number of aromatic nitrogens is 1. The summed E-state index contributed by atoms with van der Waals surface area (Å²) in [6.45, 7) is 9.02. The largest absolute Gasteiger partial charge is 0.372 e. The zero-order valence-corrected chi connectivity index (χ0v) is 14.8. The number of rotatable bonds is 6. The van der Waals surface area contributed by atoms with Gasteiger partial charge in [-0.25, -0.2) is 9.78 Å². The Hall–Kier alpha value is -1.18. The molecule has 2 heterocycles. The zero-order chi connectivity index (χ0) is 16.2. The van der Waals surface area contributed by atoms with Crippen molar-refractivity contribution in [1.82, 2.24) is 20.1 Å². The van der Waals surface area contributed by atoms with E-state index < -0.39 is 0 Å². The van der Waals surface area contributed by atoms with Gasteiger partial charge in [-0.05, 0) is 26.7 Å². The smallest absolute Gasteiger partial charge is 0.317 e. The van der Waals surface area contributed by atoms with Crippen LogP contribution in [-0.4, -0.2) is 59.6 Å². The van der Waals surface area contributed by atoms with Gasteiger partial charge in [-0.1, -0.05) is 0 Å². The summed E-state index contributed by atoms with van der Waals surface area (Å²) in [5.74, 6) is 0. The normalized spacial score (nSPS) is 20.5. The van der Waals surface area contributed by atoms with Crippen molar-refractivity contribution in [2.45, 2.75) is 45.4 Å². The molecule has 0 spiro atoms. The first kappa shape index (κ1) is 16.7. The molecular formula is C16H26N4O2S. The molecule has 1 aromatic heterocycles. The summed E-state index contributed by atoms with van der Waals surface area (Å²) in [7, 11) is 0. The molecule has 1 N–H and O–H groups in total. The molecule has 1 aliphatic carbocycles. The van der Waals surface area contributed by atoms with Crippen molar-refractivity contribution < 1.29 is 9.53 Å². The summed E-state index contributed by atoms with van der Waals surface area (Å²) >= 11 is 1.67. The van der Waals surface area contributed by atoms with Gasteiger partial charge in [0, 0.05) is 50.8 Å². The molecule has 1 atom stereocenters. The van der Waals surface area contributed by atoms with Crippen molar-refractivity contribution in [2.24, 2.45) is 0 Å². The van der Waals surface area contributed by atoms with Gasteiger partial charge in [0.15, 0.2) is 0 Å². The van der Waals surface area contributed by atoms with E-state index in [-0.39, 0.29) is 12.1 Å². The Kier molecular flexibility index (Phi) is 5.50. The Morgan fingerprint density at radius 1 is 1.43 bits per heavy atom. The number of carbonyl (C=O) groups is 1. The van der Waals surface area contributed by atoms with Crippen LogP contribution in [-0.2, 0) is 11.3 Å². The highest BCUT2D eigenvalue weighted by Gasteiger charge is 2.27. The van der Waals surface area contributed by atoms with Gasteiger partial charge < -0.3 is 15.0 Å². The first-order chi connectivity index (χ1) is 11.2. The second-order valence-electron chi connectivity index (χ2n) is 6.26. The molecule has 23 heavy (non-hydrogen) atoms. The number of carbonyl (C=O) groups excluding carboxylic acids is 1. The molecular weight excluding hydrogens is 312 g/mol. The highest BCUT2D eigenvalue weighted by Crippen LogP contribution is 2.22. The van der Waals surface area contributed by atoms with Crippen molar-refractivity contribution in [3.63, 3.8) is 0 Å². The average Bonchev–Trinajstić information content (AvgIpc) is 3.23. The fourth-order valence-corrected chi connectivity index (χ4v) is 3.55. The standard InChI is InChI=1S/C16H26N4O2S/c1-3-22-12(2)15-17-14(11-23-15)10-19-6-8-20(9-7-19)16(21)18-13-4-5-13/h11-13H,3-10H2,1-2H3,(H,18,21)/t12-/m1/s1. The summed E-state index contributed by atoms with van der Waals surface area (Å²) in [6.07, 6.45) is 2.34. The fourth-order valence-electron chi connectivity index (χ4n) is 2.74. The number of thiazole rings is 1. The molecule has 0 unspecified atom stereocenters. The van der Waals surface area contributed by atoms with Crippen LogP contribution in [0, 0.1) is 0 Å². The molecule has 1 saturated heterocycles. The van der Waals surface area contributed by atoms with E-state index in [1.165, 1.54) is 0 Å². The van der Waals surface area contributed by atoms with Gasteiger partial charge in [0.2, 0.25) is 0 Å². The topological polar surface area (TPSA) is 57.7 Å². The maximum absolute atomic E-state index is 12.0. The lowest BCUT2D eigenvalue weighted by Crippen LogP contribution is -2.51. The Labute approximate surface area is 141 Å². The Morgan fingerprint density at radius 2 is 2.17 bits per heavy atom. The van der Waals surface area contributed by atoms with E-state index in [1.54, 1.807) is 11.3 Å². The molecule has 1 aromatic rings. The van der Waals surface area contributed by atoms with Crippen LogP contribution in [0.15, 0.2) is 5.38 Å². The van der Waals surface area contributed by atoms with Crippen LogP contribution in [0.1, 0.15) is 43.5 Å². The van der Waals surface area contributed by atoms with Crippen LogP contribution < -0.4 is 5.32 Å². The predicted molar refractivity (Wildman–Crippen MR) is 90.6 cm³/mol. The summed E-state index contributed by atoms with van der Waals surface area (Å²) in [5, 5.41) is 6.23. The fraction of sp³-hybridized carbons (Fsp3) is 0.750. The van der Waals surface area contributed by atoms with Crippen LogP contribution in [0.25, 0.3) is 0 Å². The molecule has 2 aliphatic rings. The lowest BCUT2D eigenvalue weighted by atomic mass is 10.3. The monoisotopic (exact) mass is 338 g/mol. The Balaban J connectivity index is 1.44. The Bertz CT molecular complexity index is 524. The van der Waals surface area contributed by atoms with Crippen molar-refractivity contribution >= 4 is 17.4 Å². The lowest BCUT2D eigenvalue weighted by molar-refractivity contribution is 0.0759. The Morgan fingerprint density at radius 3 is 2.83 bits per heavy atom. The van der Waals surface area contributed by atoms with E-state index in [9.17, 15) is 4.79 Å². The van der Waals surface area contributed by atoms with Crippen molar-refractivity contribution in [3.05, 3.63) is 16.1 Å². The minimum atomic E-state index is 0.0710. The number of nitrogens with zero attached hydrogens (tertiary/aromatic N) is 3. The summed E-state index contributed by atoms with van der Waals surface area (Å²) in [5.41, 5.74) is 1.10. The zero-order valence-electron chi connectivity index (χ0n) is 14.0. The van der Waals surface area contributed by atoms with E-state index in [2.05, 4.69) is 20.6 Å². The molecule has 2 fully saturated rings. The molecule has 3 rings (SSSR count). The molecule has 0 bridgehead atoms. The summed E-state index contributed by atoms with van der Waals surface area (Å²) in [4.78, 5) is 21.0. The summed E-state index contributed by atoms with van der Waals surface area (Å²) < 4.78 is 5.59. The summed E-state index contributed by atoms with van der Waals surface area (Å²) in [6, 6.07) is 0.537. The molecule has 7 heteroatoms. The quantitative estimate of drug-likeness (QED) is 0.864. The molecule has 0 radical (unpaired) electrons. The highest BCUT2D eigenvalue weighted by atomic mass is 32.1. The third-order valence-electron chi connectivity index (χ3n) is 4.28. The average molecular weight is 338 g/mol. The van der Waals surface area contributed by atoms with Gasteiger partial charge in [-0.2, -0.15) is 0 Å². The van der Waals surface area contributed by atoms with Gasteiger partial charge in [0.05, 0.1) is 5.69 Å². The molecule has 128 valence electrons. The van der Waals surface area contributed by atoms with Gasteiger partial charge in [-0.15, -0.1) is 11.3 Å². The van der Waals surface area contributed by atoms with Gasteiger partial charge in [0.25, 0.3) is 0 Å².